The van der Waals surface area contributed by atoms with Gasteiger partial charge in [-0.2, -0.15) is 0 Å². The Morgan fingerprint density at radius 3 is 0.944 bits per heavy atom. The summed E-state index contributed by atoms with van der Waals surface area (Å²) < 4.78 is 0. The van der Waals surface area contributed by atoms with Crippen molar-refractivity contribution in [1.82, 2.24) is 0 Å². The summed E-state index contributed by atoms with van der Waals surface area (Å²) in [4.78, 5) is 69.1. The fourth-order valence-electron chi connectivity index (χ4n) is 1.24. The molecular weight excluding hydrogens is 496 g/mol. The molecule has 0 aromatic rings. The smallest absolute Gasteiger partial charge is 0.321 e. The molecule has 0 saturated heterocycles. The largest absolute Gasteiger partial charge is 0.481 e. The van der Waals surface area contributed by atoms with Crippen molar-refractivity contribution in [2.45, 2.75) is 63.7 Å². The fraction of sp³-hybridized carbons (Fsp3) is 0.611. The lowest BCUT2D eigenvalue weighted by Gasteiger charge is -2.07. The lowest BCUT2D eigenvalue weighted by atomic mass is 10.1. The molecule has 18 nitrogen and oxygen atoms in total. The third-order valence-corrected chi connectivity index (χ3v) is 3.41. The molecule has 0 aromatic carbocycles. The number of carbonyl (C=O) groups is 7. The lowest BCUT2D eigenvalue weighted by molar-refractivity contribution is -0.144. The van der Waals surface area contributed by atoms with Gasteiger partial charge in [-0.1, -0.05) is 13.8 Å². The predicted molar refractivity (Wildman–Crippen MR) is 119 cm³/mol. The Morgan fingerprint density at radius 1 is 0.528 bits per heavy atom. The Balaban J connectivity index is -0.000000190. The van der Waals surface area contributed by atoms with E-state index < -0.39 is 78.8 Å². The van der Waals surface area contributed by atoms with E-state index in [4.69, 9.17) is 58.7 Å². The average Bonchev–Trinajstić information content (AvgIpc) is 2.71. The topological polar surface area (TPSA) is 365 Å². The first-order chi connectivity index (χ1) is 16.2. The molecular formula is C18H34N4O14. The minimum atomic E-state index is -1.29. The van der Waals surface area contributed by atoms with Crippen LogP contribution in [0.4, 0.5) is 0 Å². The number of nitrogens with two attached hydrogens (primary N) is 4. The molecule has 0 radical (unpaired) electrons. The summed E-state index contributed by atoms with van der Waals surface area (Å²) in [6, 6.07) is -4.35. The highest BCUT2D eigenvalue weighted by Gasteiger charge is 2.16. The molecule has 0 saturated carbocycles. The normalized spacial score (nSPS) is 12.9. The Hall–Kier alpha value is -3.87. The van der Waals surface area contributed by atoms with Gasteiger partial charge in [0.1, 0.15) is 24.2 Å². The van der Waals surface area contributed by atoms with Gasteiger partial charge in [0, 0.05) is 6.42 Å². The number of carboxylic acids is 7. The third kappa shape index (κ3) is 30.1. The monoisotopic (exact) mass is 530 g/mol. The Labute approximate surface area is 204 Å². The van der Waals surface area contributed by atoms with Crippen molar-refractivity contribution in [3.8, 4) is 0 Å². The van der Waals surface area contributed by atoms with Crippen LogP contribution in [0.5, 0.6) is 0 Å². The summed E-state index contributed by atoms with van der Waals surface area (Å²) >= 11 is 0. The number of aliphatic carboxylic acids is 7. The Kier molecular flexibility index (Phi) is 23.7. The van der Waals surface area contributed by atoms with Crippen LogP contribution in [0, 0.1) is 5.92 Å². The first kappa shape index (κ1) is 39.3. The number of rotatable bonds is 12. The second-order valence-electron chi connectivity index (χ2n) is 7.07. The standard InChI is InChI=1S/C5H9NO4.C5H11NO2.2C4H7NO4/c6-3(5(9)10)1-2-4(7)8;1-3(2)4(6)5(7)8;2*5-2(4(8)9)1-3(6)7/h3H,1-2,6H2,(H,7,8)(H,9,10);3-4H,6H2,1-2H3,(H,7,8);2*2H,1,5H2,(H,6,7)(H,8,9). The van der Waals surface area contributed by atoms with Crippen LogP contribution in [-0.4, -0.2) is 102 Å². The minimum Gasteiger partial charge on any atom is -0.481 e. The number of hydrogen-bond donors (Lipinski definition) is 11. The number of hydrogen-bond acceptors (Lipinski definition) is 11. The molecule has 4 atom stereocenters. The lowest BCUT2D eigenvalue weighted by Crippen LogP contribution is -2.34. The van der Waals surface area contributed by atoms with E-state index in [0.717, 1.165) is 0 Å². The van der Waals surface area contributed by atoms with Gasteiger partial charge in [0.2, 0.25) is 0 Å². The van der Waals surface area contributed by atoms with E-state index in [0.29, 0.717) is 0 Å². The molecule has 0 heterocycles. The maximum Gasteiger partial charge on any atom is 0.321 e. The van der Waals surface area contributed by atoms with Crippen LogP contribution in [-0.2, 0) is 33.6 Å². The van der Waals surface area contributed by atoms with E-state index in [1.807, 2.05) is 0 Å². The molecule has 36 heavy (non-hydrogen) atoms. The molecule has 0 aliphatic rings. The van der Waals surface area contributed by atoms with Gasteiger partial charge in [-0.05, 0) is 12.3 Å². The molecule has 0 bridgehead atoms. The summed E-state index contributed by atoms with van der Waals surface area (Å²) in [5.74, 6) is -8.10. The third-order valence-electron chi connectivity index (χ3n) is 3.41. The van der Waals surface area contributed by atoms with Gasteiger partial charge in [-0.25, -0.2) is 0 Å². The van der Waals surface area contributed by atoms with E-state index in [1.165, 1.54) is 0 Å². The van der Waals surface area contributed by atoms with E-state index in [1.54, 1.807) is 13.8 Å². The van der Waals surface area contributed by atoms with Crippen LogP contribution in [0.15, 0.2) is 0 Å². The van der Waals surface area contributed by atoms with E-state index in [9.17, 15) is 33.6 Å². The molecule has 15 N–H and O–H groups in total. The zero-order valence-corrected chi connectivity index (χ0v) is 19.5. The van der Waals surface area contributed by atoms with Crippen molar-refractivity contribution in [2.24, 2.45) is 28.9 Å². The van der Waals surface area contributed by atoms with Crippen LogP contribution >= 0.6 is 0 Å². The van der Waals surface area contributed by atoms with Crippen molar-refractivity contribution in [1.29, 1.82) is 0 Å². The molecule has 0 aromatic heterocycles. The van der Waals surface area contributed by atoms with Gasteiger partial charge >= 0.3 is 41.8 Å². The van der Waals surface area contributed by atoms with Gasteiger partial charge < -0.3 is 58.7 Å². The van der Waals surface area contributed by atoms with E-state index in [2.05, 4.69) is 0 Å². The highest BCUT2D eigenvalue weighted by atomic mass is 16.4. The molecule has 0 fully saturated rings. The molecule has 210 valence electrons. The highest BCUT2D eigenvalue weighted by Crippen LogP contribution is 1.96. The van der Waals surface area contributed by atoms with Crippen LogP contribution in [0.3, 0.4) is 0 Å². The van der Waals surface area contributed by atoms with Gasteiger partial charge in [0.25, 0.3) is 0 Å². The second kappa shape index (κ2) is 21.6. The SMILES string of the molecule is CC(C)C(N)C(=O)O.NC(CC(=O)O)C(=O)O.NC(CC(=O)O)C(=O)O.NC(CCC(=O)O)C(=O)O. The molecule has 0 aliphatic heterocycles. The zero-order valence-electron chi connectivity index (χ0n) is 19.5. The van der Waals surface area contributed by atoms with Crippen molar-refractivity contribution in [2.75, 3.05) is 0 Å². The van der Waals surface area contributed by atoms with Crippen molar-refractivity contribution >= 4 is 41.8 Å². The Morgan fingerprint density at radius 2 is 0.833 bits per heavy atom. The molecule has 4 unspecified atom stereocenters. The van der Waals surface area contributed by atoms with Gasteiger partial charge in [-0.3, -0.25) is 33.6 Å². The number of carboxylic acid groups (broad SMARTS) is 7. The molecule has 0 spiro atoms. The maximum atomic E-state index is 10.0. The fourth-order valence-corrected chi connectivity index (χ4v) is 1.24. The summed E-state index contributed by atoms with van der Waals surface area (Å²) in [6.07, 6.45) is -1.29. The molecule has 0 amide bonds. The first-order valence-electron chi connectivity index (χ1n) is 9.76. The zero-order chi connectivity index (χ0) is 29.8. The van der Waals surface area contributed by atoms with Crippen LogP contribution < -0.4 is 22.9 Å². The second-order valence-corrected chi connectivity index (χ2v) is 7.07. The van der Waals surface area contributed by atoms with E-state index >= 15 is 0 Å². The van der Waals surface area contributed by atoms with Crippen molar-refractivity contribution < 1.29 is 69.3 Å². The average molecular weight is 530 g/mol. The molecule has 0 rings (SSSR count). The first-order valence-corrected chi connectivity index (χ1v) is 9.76. The van der Waals surface area contributed by atoms with Crippen LogP contribution in [0.2, 0.25) is 0 Å². The summed E-state index contributed by atoms with van der Waals surface area (Å²) in [5, 5.41) is 56.6. The van der Waals surface area contributed by atoms with Crippen molar-refractivity contribution in [3.05, 3.63) is 0 Å². The highest BCUT2D eigenvalue weighted by molar-refractivity contribution is 5.80. The van der Waals surface area contributed by atoms with Gasteiger partial charge in [0.05, 0.1) is 12.8 Å². The summed E-state index contributed by atoms with van der Waals surface area (Å²) in [7, 11) is 0. The Bertz CT molecular complexity index is 711. The van der Waals surface area contributed by atoms with Gasteiger partial charge in [0.15, 0.2) is 0 Å². The summed E-state index contributed by atoms with van der Waals surface area (Å²) in [5.41, 5.74) is 19.8. The summed E-state index contributed by atoms with van der Waals surface area (Å²) in [6.45, 7) is 3.55. The molecule has 0 aliphatic carbocycles. The van der Waals surface area contributed by atoms with Crippen molar-refractivity contribution in [3.63, 3.8) is 0 Å². The quantitative estimate of drug-likeness (QED) is 0.120. The van der Waals surface area contributed by atoms with E-state index in [-0.39, 0.29) is 18.8 Å². The minimum absolute atomic E-state index is 0.0208. The van der Waals surface area contributed by atoms with Crippen LogP contribution in [0.1, 0.15) is 39.5 Å². The maximum absolute atomic E-state index is 10.0. The van der Waals surface area contributed by atoms with Crippen LogP contribution in [0.25, 0.3) is 0 Å². The van der Waals surface area contributed by atoms with Gasteiger partial charge in [-0.15, -0.1) is 0 Å². The predicted octanol–water partition coefficient (Wildman–Crippen LogP) is -2.94. The molecule has 18 heteroatoms.